The van der Waals surface area contributed by atoms with E-state index in [-0.39, 0.29) is 17.9 Å². The summed E-state index contributed by atoms with van der Waals surface area (Å²) in [5.74, 6) is 1.40. The van der Waals surface area contributed by atoms with E-state index >= 15 is 0 Å². The van der Waals surface area contributed by atoms with Crippen LogP contribution in [0.4, 0.5) is 5.82 Å². The van der Waals surface area contributed by atoms with E-state index in [1.807, 2.05) is 29.6 Å². The van der Waals surface area contributed by atoms with Crippen molar-refractivity contribution < 1.29 is 9.53 Å². The number of carbonyl (C=O) groups is 1. The van der Waals surface area contributed by atoms with Crippen molar-refractivity contribution in [2.45, 2.75) is 25.8 Å². The topological polar surface area (TPSA) is 85.2 Å². The molecule has 0 spiro atoms. The van der Waals surface area contributed by atoms with Crippen molar-refractivity contribution in [3.8, 4) is 5.88 Å². The summed E-state index contributed by atoms with van der Waals surface area (Å²) in [6, 6.07) is 1.81. The molecule has 1 amide bonds. The monoisotopic (exact) mass is 330 g/mol. The Balaban J connectivity index is 1.80. The Morgan fingerprint density at radius 2 is 2.21 bits per heavy atom. The normalized spacial score (nSPS) is 20.2. The van der Waals surface area contributed by atoms with Crippen molar-refractivity contribution in [1.29, 1.82) is 0 Å². The second-order valence-electron chi connectivity index (χ2n) is 5.92. The van der Waals surface area contributed by atoms with Crippen LogP contribution >= 0.6 is 0 Å². The second kappa shape index (κ2) is 6.86. The number of nitrogens with one attached hydrogen (secondary N) is 1. The summed E-state index contributed by atoms with van der Waals surface area (Å²) in [6.45, 7) is 5.32. The summed E-state index contributed by atoms with van der Waals surface area (Å²) in [4.78, 5) is 26.4. The van der Waals surface area contributed by atoms with Gasteiger partial charge in [0.15, 0.2) is 0 Å². The van der Waals surface area contributed by atoms with Gasteiger partial charge in [0, 0.05) is 45.2 Å². The highest BCUT2D eigenvalue weighted by Crippen LogP contribution is 2.29. The highest BCUT2D eigenvalue weighted by molar-refractivity contribution is 5.74. The minimum Gasteiger partial charge on any atom is -0.478 e. The Labute approximate surface area is 140 Å². The number of ether oxygens (including phenoxy) is 1. The molecule has 24 heavy (non-hydrogen) atoms. The number of nitrogens with zero attached hydrogens (tertiary/aromatic N) is 5. The molecule has 0 unspecified atom stereocenters. The number of amides is 1. The van der Waals surface area contributed by atoms with E-state index < -0.39 is 0 Å². The molecule has 1 aliphatic heterocycles. The second-order valence-corrected chi connectivity index (χ2v) is 5.92. The first-order valence-corrected chi connectivity index (χ1v) is 8.01. The van der Waals surface area contributed by atoms with Crippen LogP contribution < -0.4 is 10.1 Å². The summed E-state index contributed by atoms with van der Waals surface area (Å²) < 4.78 is 7.33. The molecule has 8 nitrogen and oxygen atoms in total. The van der Waals surface area contributed by atoms with E-state index in [1.165, 1.54) is 6.33 Å². The van der Waals surface area contributed by atoms with Gasteiger partial charge in [0.2, 0.25) is 11.8 Å². The van der Waals surface area contributed by atoms with Gasteiger partial charge in [-0.15, -0.1) is 0 Å². The molecule has 1 fully saturated rings. The molecule has 8 heteroatoms. The van der Waals surface area contributed by atoms with E-state index in [1.54, 1.807) is 19.3 Å². The highest BCUT2D eigenvalue weighted by Gasteiger charge is 2.36. The van der Waals surface area contributed by atoms with Gasteiger partial charge in [0.1, 0.15) is 12.1 Å². The summed E-state index contributed by atoms with van der Waals surface area (Å²) >= 11 is 0. The highest BCUT2D eigenvalue weighted by atomic mass is 16.5. The molecule has 2 aromatic rings. The molecule has 0 bridgehead atoms. The number of carbonyl (C=O) groups excluding carboxylic acids is 1. The number of rotatable bonds is 5. The third-order valence-electron chi connectivity index (χ3n) is 4.14. The van der Waals surface area contributed by atoms with Crippen LogP contribution in [0, 0.1) is 0 Å². The van der Waals surface area contributed by atoms with Gasteiger partial charge in [-0.2, -0.15) is 0 Å². The molecule has 0 saturated carbocycles. The van der Waals surface area contributed by atoms with Gasteiger partial charge in [-0.05, 0) is 6.92 Å². The number of imidazole rings is 1. The zero-order valence-corrected chi connectivity index (χ0v) is 14.1. The molecule has 2 aromatic heterocycles. The van der Waals surface area contributed by atoms with Crippen LogP contribution in [0.25, 0.3) is 0 Å². The molecule has 128 valence electrons. The van der Waals surface area contributed by atoms with Gasteiger partial charge < -0.3 is 19.5 Å². The number of likely N-dealkylation sites (tertiary alicyclic amines) is 1. The Bertz CT molecular complexity index is 716. The maximum Gasteiger partial charge on any atom is 0.219 e. The lowest BCUT2D eigenvalue weighted by atomic mass is 10.0. The molecule has 1 aliphatic rings. The van der Waals surface area contributed by atoms with Crippen molar-refractivity contribution in [2.75, 3.05) is 25.0 Å². The van der Waals surface area contributed by atoms with Crippen molar-refractivity contribution in [2.24, 2.45) is 7.05 Å². The first-order chi connectivity index (χ1) is 11.6. The average molecular weight is 330 g/mol. The molecule has 2 atom stereocenters. The first-order valence-electron chi connectivity index (χ1n) is 8.01. The molecule has 1 N–H and O–H groups in total. The minimum atomic E-state index is 0.0353. The molecule has 0 radical (unpaired) electrons. The van der Waals surface area contributed by atoms with Crippen molar-refractivity contribution in [3.05, 3.63) is 30.6 Å². The largest absolute Gasteiger partial charge is 0.478 e. The fourth-order valence-electron chi connectivity index (χ4n) is 2.97. The summed E-state index contributed by atoms with van der Waals surface area (Å²) in [7, 11) is 1.94. The molecular weight excluding hydrogens is 308 g/mol. The number of aryl methyl sites for hydroxylation is 1. The van der Waals surface area contributed by atoms with Crippen molar-refractivity contribution in [3.63, 3.8) is 0 Å². The molecule has 0 aliphatic carbocycles. The molecule has 1 saturated heterocycles. The number of anilines is 1. The number of aromatic nitrogens is 4. The van der Waals surface area contributed by atoms with Crippen LogP contribution in [0.5, 0.6) is 5.88 Å². The van der Waals surface area contributed by atoms with E-state index in [9.17, 15) is 4.79 Å². The molecular formula is C16H22N6O2. The van der Waals surface area contributed by atoms with Crippen LogP contribution in [-0.4, -0.2) is 56.1 Å². The molecule has 3 rings (SSSR count). The van der Waals surface area contributed by atoms with E-state index in [4.69, 9.17) is 4.74 Å². The van der Waals surface area contributed by atoms with Crippen LogP contribution in [0.1, 0.15) is 25.5 Å². The Hall–Kier alpha value is -2.64. The maximum absolute atomic E-state index is 11.8. The van der Waals surface area contributed by atoms with Gasteiger partial charge in [-0.1, -0.05) is 0 Å². The van der Waals surface area contributed by atoms with E-state index in [0.29, 0.717) is 31.4 Å². The quantitative estimate of drug-likeness (QED) is 0.881. The summed E-state index contributed by atoms with van der Waals surface area (Å²) in [5.41, 5.74) is 0.970. The fourth-order valence-corrected chi connectivity index (χ4v) is 2.97. The van der Waals surface area contributed by atoms with Crippen LogP contribution in [0.15, 0.2) is 24.9 Å². The predicted molar refractivity (Wildman–Crippen MR) is 88.8 cm³/mol. The Kier molecular flexibility index (Phi) is 4.64. The Morgan fingerprint density at radius 1 is 1.38 bits per heavy atom. The summed E-state index contributed by atoms with van der Waals surface area (Å²) in [6.07, 6.45) is 5.25. The third-order valence-corrected chi connectivity index (χ3v) is 4.14. The van der Waals surface area contributed by atoms with Crippen molar-refractivity contribution >= 4 is 11.7 Å². The molecule has 3 heterocycles. The standard InChI is InChI=1S/C16H22N6O2/c1-4-24-16-5-15(17-9-18-16)20-14-8-22(11(2)23)6-12(14)13-7-21(3)10-19-13/h5,7,9-10,12,14H,4,6,8H2,1-3H3,(H,17,18,20)/t12-,14+/m0/s1. The zero-order chi connectivity index (χ0) is 17.1. The Morgan fingerprint density at radius 3 is 2.88 bits per heavy atom. The first kappa shape index (κ1) is 16.2. The van der Waals surface area contributed by atoms with Gasteiger partial charge in [0.05, 0.1) is 24.7 Å². The smallest absolute Gasteiger partial charge is 0.219 e. The third kappa shape index (κ3) is 3.47. The minimum absolute atomic E-state index is 0.0353. The van der Waals surface area contributed by atoms with Crippen LogP contribution in [0.2, 0.25) is 0 Å². The van der Waals surface area contributed by atoms with Gasteiger partial charge in [-0.3, -0.25) is 4.79 Å². The average Bonchev–Trinajstić information content (AvgIpc) is 3.14. The fraction of sp³-hybridized carbons (Fsp3) is 0.500. The zero-order valence-electron chi connectivity index (χ0n) is 14.1. The SMILES string of the molecule is CCOc1cc(N[C@@H]2CN(C(C)=O)C[C@H]2c2cn(C)cn2)ncn1. The summed E-state index contributed by atoms with van der Waals surface area (Å²) in [5, 5.41) is 3.41. The number of hydrogen-bond donors (Lipinski definition) is 1. The van der Waals surface area contributed by atoms with E-state index in [2.05, 4.69) is 20.3 Å². The number of hydrogen-bond acceptors (Lipinski definition) is 6. The lowest BCUT2D eigenvalue weighted by Gasteiger charge is -2.18. The van der Waals surface area contributed by atoms with Gasteiger partial charge in [-0.25, -0.2) is 15.0 Å². The van der Waals surface area contributed by atoms with Gasteiger partial charge in [0.25, 0.3) is 0 Å². The lowest BCUT2D eigenvalue weighted by molar-refractivity contribution is -0.127. The van der Waals surface area contributed by atoms with Crippen molar-refractivity contribution in [1.82, 2.24) is 24.4 Å². The van der Waals surface area contributed by atoms with Crippen LogP contribution in [-0.2, 0) is 11.8 Å². The lowest BCUT2D eigenvalue weighted by Crippen LogP contribution is -2.30. The predicted octanol–water partition coefficient (Wildman–Crippen LogP) is 1.04. The van der Waals surface area contributed by atoms with Crippen LogP contribution in [0.3, 0.4) is 0 Å². The van der Waals surface area contributed by atoms with E-state index in [0.717, 1.165) is 5.69 Å². The molecule has 0 aromatic carbocycles. The maximum atomic E-state index is 11.8. The van der Waals surface area contributed by atoms with Gasteiger partial charge >= 0.3 is 0 Å².